The van der Waals surface area contributed by atoms with Crippen LogP contribution in [0.5, 0.6) is 0 Å². The van der Waals surface area contributed by atoms with E-state index in [4.69, 9.17) is 4.74 Å². The summed E-state index contributed by atoms with van der Waals surface area (Å²) in [6.45, 7) is 3.87. The van der Waals surface area contributed by atoms with Gasteiger partial charge >= 0.3 is 5.97 Å². The predicted octanol–water partition coefficient (Wildman–Crippen LogP) is 2.71. The highest BCUT2D eigenvalue weighted by molar-refractivity contribution is 5.85. The maximum atomic E-state index is 12.7. The van der Waals surface area contributed by atoms with Crippen molar-refractivity contribution in [3.05, 3.63) is 35.9 Å². The number of hydrogen-bond donors (Lipinski definition) is 1. The average Bonchev–Trinajstić information content (AvgIpc) is 2.61. The number of esters is 1. The average molecular weight is 329 g/mol. The van der Waals surface area contributed by atoms with E-state index in [0.717, 1.165) is 38.8 Å². The molecule has 1 aliphatic rings. The van der Waals surface area contributed by atoms with Crippen LogP contribution in [0.2, 0.25) is 0 Å². The molecule has 0 amide bonds. The summed E-state index contributed by atoms with van der Waals surface area (Å²) in [6, 6.07) is 8.85. The maximum Gasteiger partial charge on any atom is 0.356 e. The third-order valence-corrected chi connectivity index (χ3v) is 4.35. The number of piperidine rings is 1. The van der Waals surface area contributed by atoms with Gasteiger partial charge in [0.05, 0.1) is 0 Å². The maximum absolute atomic E-state index is 12.7. The predicted molar refractivity (Wildman–Crippen MR) is 94.3 cm³/mol. The molecule has 0 spiro atoms. The first-order chi connectivity index (χ1) is 11.6. The van der Waals surface area contributed by atoms with Gasteiger partial charge in [0.25, 0.3) is 0 Å². The van der Waals surface area contributed by atoms with E-state index in [9.17, 15) is 9.90 Å². The van der Waals surface area contributed by atoms with E-state index in [1.165, 1.54) is 0 Å². The minimum absolute atomic E-state index is 0.152. The second-order valence-electron chi connectivity index (χ2n) is 6.39. The van der Waals surface area contributed by atoms with Crippen molar-refractivity contribution in [1.82, 2.24) is 4.90 Å². The first kappa shape index (κ1) is 18.5. The van der Waals surface area contributed by atoms with Crippen molar-refractivity contribution in [3.63, 3.8) is 0 Å². The highest BCUT2D eigenvalue weighted by Gasteiger charge is 2.39. The number of rotatable bonds is 5. The Morgan fingerprint density at radius 2 is 2.00 bits per heavy atom. The summed E-state index contributed by atoms with van der Waals surface area (Å²) >= 11 is 0. The molecule has 1 aromatic carbocycles. The molecule has 4 heteroatoms. The molecule has 0 aromatic heterocycles. The monoisotopic (exact) mass is 329 g/mol. The number of likely N-dealkylation sites (tertiary alicyclic amines) is 1. The number of benzene rings is 1. The van der Waals surface area contributed by atoms with Crippen molar-refractivity contribution in [2.75, 3.05) is 20.1 Å². The fourth-order valence-electron chi connectivity index (χ4n) is 2.72. The smallest absolute Gasteiger partial charge is 0.356 e. The highest BCUT2D eigenvalue weighted by Crippen LogP contribution is 2.24. The molecule has 0 radical (unpaired) electrons. The molecule has 1 N–H and O–H groups in total. The van der Waals surface area contributed by atoms with Crippen molar-refractivity contribution < 1.29 is 14.6 Å². The summed E-state index contributed by atoms with van der Waals surface area (Å²) in [4.78, 5) is 14.9. The van der Waals surface area contributed by atoms with Crippen LogP contribution in [0.1, 0.15) is 44.6 Å². The van der Waals surface area contributed by atoms with Gasteiger partial charge in [-0.05, 0) is 26.3 Å². The first-order valence-electron chi connectivity index (χ1n) is 8.74. The molecule has 1 unspecified atom stereocenters. The molecule has 0 saturated carbocycles. The van der Waals surface area contributed by atoms with Crippen molar-refractivity contribution in [1.29, 1.82) is 0 Å². The number of ether oxygens (including phenoxy) is 1. The zero-order valence-electron chi connectivity index (χ0n) is 14.6. The van der Waals surface area contributed by atoms with Crippen molar-refractivity contribution in [2.45, 2.75) is 50.7 Å². The normalized spacial score (nSPS) is 18.3. The molecule has 1 atom stereocenters. The third kappa shape index (κ3) is 4.83. The van der Waals surface area contributed by atoms with Crippen molar-refractivity contribution >= 4 is 5.97 Å². The van der Waals surface area contributed by atoms with Crippen LogP contribution in [-0.2, 0) is 15.1 Å². The van der Waals surface area contributed by atoms with Crippen LogP contribution in [0.3, 0.4) is 0 Å². The molecule has 1 saturated heterocycles. The lowest BCUT2D eigenvalue weighted by Gasteiger charge is -2.31. The SMILES string of the molecule is CCCCC#CC(O)(C(=O)OC1CCN(C)CC1)c1ccccc1. The van der Waals surface area contributed by atoms with Gasteiger partial charge in [-0.2, -0.15) is 0 Å². The summed E-state index contributed by atoms with van der Waals surface area (Å²) in [5.41, 5.74) is -1.43. The van der Waals surface area contributed by atoms with Gasteiger partial charge in [0, 0.05) is 25.1 Å². The molecule has 1 aliphatic heterocycles. The zero-order valence-corrected chi connectivity index (χ0v) is 14.6. The summed E-state index contributed by atoms with van der Waals surface area (Å²) in [7, 11) is 2.05. The second-order valence-corrected chi connectivity index (χ2v) is 6.39. The summed E-state index contributed by atoms with van der Waals surface area (Å²) < 4.78 is 5.60. The van der Waals surface area contributed by atoms with Crippen LogP contribution < -0.4 is 0 Å². The quantitative estimate of drug-likeness (QED) is 0.513. The number of carbonyl (C=O) groups is 1. The second kappa shape index (κ2) is 8.86. The van der Waals surface area contributed by atoms with Crippen LogP contribution in [0.15, 0.2) is 30.3 Å². The minimum Gasteiger partial charge on any atom is -0.459 e. The molecule has 1 heterocycles. The standard InChI is InChI=1S/C20H27NO3/c1-3-4-5-9-14-20(23,17-10-7-6-8-11-17)19(22)24-18-12-15-21(2)16-13-18/h6-8,10-11,18,23H,3-5,12-13,15-16H2,1-2H3. The molecule has 0 aliphatic carbocycles. The van der Waals surface area contributed by atoms with Crippen LogP contribution in [0, 0.1) is 11.8 Å². The molecule has 2 rings (SSSR count). The first-order valence-corrected chi connectivity index (χ1v) is 8.74. The largest absolute Gasteiger partial charge is 0.459 e. The Hall–Kier alpha value is -1.83. The number of hydrogen-bond acceptors (Lipinski definition) is 4. The fraction of sp³-hybridized carbons (Fsp3) is 0.550. The lowest BCUT2D eigenvalue weighted by Crippen LogP contribution is -2.41. The lowest BCUT2D eigenvalue weighted by atomic mass is 9.94. The van der Waals surface area contributed by atoms with E-state index in [2.05, 4.69) is 30.7 Å². The van der Waals surface area contributed by atoms with Gasteiger partial charge in [0.1, 0.15) is 6.10 Å². The number of unbranched alkanes of at least 4 members (excludes halogenated alkanes) is 2. The van der Waals surface area contributed by atoms with Gasteiger partial charge in [0.2, 0.25) is 5.60 Å². The van der Waals surface area contributed by atoms with Crippen LogP contribution in [0.4, 0.5) is 0 Å². The Morgan fingerprint density at radius 1 is 1.33 bits per heavy atom. The van der Waals surface area contributed by atoms with Crippen LogP contribution in [0.25, 0.3) is 0 Å². The molecule has 130 valence electrons. The lowest BCUT2D eigenvalue weighted by molar-refractivity contribution is -0.168. The Morgan fingerprint density at radius 3 is 2.62 bits per heavy atom. The van der Waals surface area contributed by atoms with Gasteiger partial charge in [0.15, 0.2) is 0 Å². The Labute approximate surface area is 144 Å². The molecule has 4 nitrogen and oxygen atoms in total. The topological polar surface area (TPSA) is 49.8 Å². The Kier molecular flexibility index (Phi) is 6.84. The van der Waals surface area contributed by atoms with Crippen LogP contribution >= 0.6 is 0 Å². The molecular formula is C20H27NO3. The van der Waals surface area contributed by atoms with E-state index in [1.54, 1.807) is 24.3 Å². The van der Waals surface area contributed by atoms with Gasteiger partial charge in [-0.1, -0.05) is 55.5 Å². The van der Waals surface area contributed by atoms with E-state index in [0.29, 0.717) is 12.0 Å². The van der Waals surface area contributed by atoms with Gasteiger partial charge in [-0.25, -0.2) is 4.79 Å². The molecule has 0 bridgehead atoms. The van der Waals surface area contributed by atoms with Crippen molar-refractivity contribution in [3.8, 4) is 11.8 Å². The zero-order chi connectivity index (χ0) is 17.4. The van der Waals surface area contributed by atoms with Gasteiger partial charge in [-0.15, -0.1) is 0 Å². The third-order valence-electron chi connectivity index (χ3n) is 4.35. The summed E-state index contributed by atoms with van der Waals surface area (Å²) in [6.07, 6.45) is 4.06. The Bertz CT molecular complexity index is 582. The van der Waals surface area contributed by atoms with E-state index in [-0.39, 0.29) is 6.10 Å². The number of aliphatic hydroxyl groups is 1. The molecular weight excluding hydrogens is 302 g/mol. The van der Waals surface area contributed by atoms with Crippen molar-refractivity contribution in [2.24, 2.45) is 0 Å². The number of nitrogens with zero attached hydrogens (tertiary/aromatic N) is 1. The minimum atomic E-state index is -1.89. The summed E-state index contributed by atoms with van der Waals surface area (Å²) in [5.74, 6) is 5.05. The number of carbonyl (C=O) groups excluding carboxylic acids is 1. The fourth-order valence-corrected chi connectivity index (χ4v) is 2.72. The summed E-state index contributed by atoms with van der Waals surface area (Å²) in [5, 5.41) is 11.0. The van der Waals surface area contributed by atoms with Gasteiger partial charge in [-0.3, -0.25) is 0 Å². The van der Waals surface area contributed by atoms with E-state index < -0.39 is 11.6 Å². The Balaban J connectivity index is 2.15. The van der Waals surface area contributed by atoms with E-state index >= 15 is 0 Å². The highest BCUT2D eigenvalue weighted by atomic mass is 16.6. The van der Waals surface area contributed by atoms with Crippen LogP contribution in [-0.4, -0.2) is 42.2 Å². The molecule has 1 fully saturated rings. The molecule has 1 aromatic rings. The molecule has 24 heavy (non-hydrogen) atoms. The van der Waals surface area contributed by atoms with Gasteiger partial charge < -0.3 is 14.7 Å². The van der Waals surface area contributed by atoms with E-state index in [1.807, 2.05) is 6.07 Å².